The van der Waals surface area contributed by atoms with Crippen LogP contribution >= 0.6 is 0 Å². The molecule has 106 valence electrons. The number of hydrogen-bond donors (Lipinski definition) is 2. The van der Waals surface area contributed by atoms with Crippen molar-refractivity contribution < 1.29 is 9.84 Å². The van der Waals surface area contributed by atoms with E-state index in [1.165, 1.54) is 6.42 Å². The number of methoxy groups -OCH3 is 1. The second-order valence-corrected chi connectivity index (χ2v) is 5.78. The van der Waals surface area contributed by atoms with E-state index in [-0.39, 0.29) is 0 Å². The molecule has 0 spiro atoms. The molecule has 0 bridgehead atoms. The van der Waals surface area contributed by atoms with Crippen LogP contribution in [0.25, 0.3) is 0 Å². The third kappa shape index (κ3) is 3.25. The van der Waals surface area contributed by atoms with Crippen LogP contribution in [-0.2, 0) is 11.2 Å². The third-order valence-electron chi connectivity index (χ3n) is 4.28. The summed E-state index contributed by atoms with van der Waals surface area (Å²) in [6.45, 7) is 2.23. The first-order valence-electron chi connectivity index (χ1n) is 6.99. The lowest BCUT2D eigenvalue weighted by molar-refractivity contribution is -0.131. The molecule has 1 aromatic heterocycles. The lowest BCUT2D eigenvalue weighted by Crippen LogP contribution is -2.48. The van der Waals surface area contributed by atoms with Gasteiger partial charge in [-0.3, -0.25) is 0 Å². The molecule has 3 atom stereocenters. The molecule has 4 heteroatoms. The minimum Gasteiger partial charge on any atom is -0.390 e. The highest BCUT2D eigenvalue weighted by Crippen LogP contribution is 2.38. The van der Waals surface area contributed by atoms with Crippen LogP contribution in [0.1, 0.15) is 38.2 Å². The van der Waals surface area contributed by atoms with Crippen LogP contribution in [0.4, 0.5) is 5.82 Å². The minimum absolute atomic E-state index is 0.407. The SMILES string of the molecule is COC1(C(O)Cc2ccnc(N)c2)CCCC(C)C1. The van der Waals surface area contributed by atoms with Gasteiger partial charge in [-0.15, -0.1) is 0 Å². The van der Waals surface area contributed by atoms with Crippen molar-refractivity contribution >= 4 is 5.82 Å². The second kappa shape index (κ2) is 5.88. The summed E-state index contributed by atoms with van der Waals surface area (Å²) < 4.78 is 5.72. The summed E-state index contributed by atoms with van der Waals surface area (Å²) in [4.78, 5) is 3.97. The molecule has 1 saturated carbocycles. The Morgan fingerprint density at radius 1 is 1.63 bits per heavy atom. The molecule has 0 saturated heterocycles. The molecule has 2 rings (SSSR count). The van der Waals surface area contributed by atoms with Crippen molar-refractivity contribution in [2.24, 2.45) is 5.92 Å². The Kier molecular flexibility index (Phi) is 4.42. The van der Waals surface area contributed by atoms with E-state index in [0.717, 1.165) is 24.8 Å². The number of aromatic nitrogens is 1. The molecule has 1 aromatic rings. The lowest BCUT2D eigenvalue weighted by Gasteiger charge is -2.42. The Hall–Kier alpha value is -1.13. The fourth-order valence-corrected chi connectivity index (χ4v) is 3.20. The summed E-state index contributed by atoms with van der Waals surface area (Å²) in [6, 6.07) is 3.72. The Balaban J connectivity index is 2.10. The van der Waals surface area contributed by atoms with Gasteiger partial charge in [-0.05, 0) is 36.5 Å². The number of aliphatic hydroxyl groups excluding tert-OH is 1. The molecule has 0 amide bonds. The Morgan fingerprint density at radius 3 is 3.05 bits per heavy atom. The predicted molar refractivity (Wildman–Crippen MR) is 75.7 cm³/mol. The minimum atomic E-state index is -0.498. The van der Waals surface area contributed by atoms with Crippen molar-refractivity contribution in [1.82, 2.24) is 4.98 Å². The molecule has 0 aromatic carbocycles. The van der Waals surface area contributed by atoms with Gasteiger partial charge in [-0.1, -0.05) is 19.8 Å². The van der Waals surface area contributed by atoms with Gasteiger partial charge in [0.05, 0.1) is 11.7 Å². The molecule has 1 fully saturated rings. The highest BCUT2D eigenvalue weighted by molar-refractivity contribution is 5.32. The Morgan fingerprint density at radius 2 is 2.42 bits per heavy atom. The number of nitrogen functional groups attached to an aromatic ring is 1. The van der Waals surface area contributed by atoms with Crippen LogP contribution in [-0.4, -0.2) is 28.9 Å². The molecular weight excluding hydrogens is 240 g/mol. The van der Waals surface area contributed by atoms with Gasteiger partial charge < -0.3 is 15.6 Å². The molecule has 1 heterocycles. The first kappa shape index (κ1) is 14.3. The number of hydrogen-bond acceptors (Lipinski definition) is 4. The first-order valence-corrected chi connectivity index (χ1v) is 6.99. The molecule has 0 radical (unpaired) electrons. The number of nitrogens with zero attached hydrogens (tertiary/aromatic N) is 1. The van der Waals surface area contributed by atoms with E-state index in [2.05, 4.69) is 11.9 Å². The largest absolute Gasteiger partial charge is 0.390 e. The Bertz CT molecular complexity index is 424. The van der Waals surface area contributed by atoms with E-state index in [4.69, 9.17) is 10.5 Å². The van der Waals surface area contributed by atoms with Gasteiger partial charge in [0.2, 0.25) is 0 Å². The average molecular weight is 264 g/mol. The standard InChI is InChI=1S/C15H24N2O2/c1-11-4-3-6-15(10-11,19-2)13(18)8-12-5-7-17-14(16)9-12/h5,7,9,11,13,18H,3-4,6,8,10H2,1-2H3,(H2,16,17). The van der Waals surface area contributed by atoms with E-state index in [0.29, 0.717) is 18.2 Å². The van der Waals surface area contributed by atoms with E-state index < -0.39 is 11.7 Å². The number of rotatable bonds is 4. The summed E-state index contributed by atoms with van der Waals surface area (Å²) in [5.74, 6) is 1.10. The monoisotopic (exact) mass is 264 g/mol. The van der Waals surface area contributed by atoms with Crippen molar-refractivity contribution in [3.05, 3.63) is 23.9 Å². The average Bonchev–Trinajstić information content (AvgIpc) is 2.38. The molecule has 3 N–H and O–H groups in total. The zero-order chi connectivity index (χ0) is 13.9. The van der Waals surface area contributed by atoms with Crippen LogP contribution in [0, 0.1) is 5.92 Å². The zero-order valence-electron chi connectivity index (χ0n) is 11.8. The van der Waals surface area contributed by atoms with Crippen LogP contribution in [0.3, 0.4) is 0 Å². The van der Waals surface area contributed by atoms with Crippen LogP contribution in [0.15, 0.2) is 18.3 Å². The quantitative estimate of drug-likeness (QED) is 0.874. The zero-order valence-corrected chi connectivity index (χ0v) is 11.8. The number of nitrogens with two attached hydrogens (primary N) is 1. The molecule has 1 aliphatic rings. The van der Waals surface area contributed by atoms with Crippen molar-refractivity contribution in [3.63, 3.8) is 0 Å². The maximum Gasteiger partial charge on any atom is 0.123 e. The van der Waals surface area contributed by atoms with E-state index in [1.54, 1.807) is 13.3 Å². The molecule has 0 aliphatic heterocycles. The summed E-state index contributed by atoms with van der Waals surface area (Å²) >= 11 is 0. The van der Waals surface area contributed by atoms with Crippen LogP contribution in [0.5, 0.6) is 0 Å². The topological polar surface area (TPSA) is 68.4 Å². The van der Waals surface area contributed by atoms with Crippen LogP contribution in [0.2, 0.25) is 0 Å². The highest BCUT2D eigenvalue weighted by Gasteiger charge is 2.41. The van der Waals surface area contributed by atoms with Gasteiger partial charge in [0.25, 0.3) is 0 Å². The maximum atomic E-state index is 10.6. The fourth-order valence-electron chi connectivity index (χ4n) is 3.20. The van der Waals surface area contributed by atoms with Crippen molar-refractivity contribution in [2.75, 3.05) is 12.8 Å². The van der Waals surface area contributed by atoms with Gasteiger partial charge in [-0.2, -0.15) is 0 Å². The van der Waals surface area contributed by atoms with Gasteiger partial charge >= 0.3 is 0 Å². The molecular formula is C15H24N2O2. The van der Waals surface area contributed by atoms with Gasteiger partial charge in [-0.25, -0.2) is 4.98 Å². The fraction of sp³-hybridized carbons (Fsp3) is 0.667. The van der Waals surface area contributed by atoms with Gasteiger partial charge in [0.1, 0.15) is 5.82 Å². The van der Waals surface area contributed by atoms with E-state index >= 15 is 0 Å². The highest BCUT2D eigenvalue weighted by atomic mass is 16.5. The smallest absolute Gasteiger partial charge is 0.123 e. The van der Waals surface area contributed by atoms with Crippen molar-refractivity contribution in [3.8, 4) is 0 Å². The van der Waals surface area contributed by atoms with E-state index in [9.17, 15) is 5.11 Å². The summed E-state index contributed by atoms with van der Waals surface area (Å²) in [7, 11) is 1.71. The molecule has 3 unspecified atom stereocenters. The second-order valence-electron chi connectivity index (χ2n) is 5.78. The van der Waals surface area contributed by atoms with E-state index in [1.807, 2.05) is 12.1 Å². The van der Waals surface area contributed by atoms with Gasteiger partial charge in [0.15, 0.2) is 0 Å². The van der Waals surface area contributed by atoms with Crippen LogP contribution < -0.4 is 5.73 Å². The maximum absolute atomic E-state index is 10.6. The van der Waals surface area contributed by atoms with Gasteiger partial charge in [0, 0.05) is 19.7 Å². The number of aliphatic hydroxyl groups is 1. The Labute approximate surface area is 115 Å². The predicted octanol–water partition coefficient (Wildman–Crippen LogP) is 2.16. The van der Waals surface area contributed by atoms with Crippen molar-refractivity contribution in [2.45, 2.75) is 50.7 Å². The number of anilines is 1. The normalized spacial score (nSPS) is 29.1. The number of ether oxygens (including phenoxy) is 1. The first-order chi connectivity index (χ1) is 9.05. The molecule has 1 aliphatic carbocycles. The summed E-state index contributed by atoms with van der Waals surface area (Å²) in [6.07, 6.45) is 5.93. The lowest BCUT2D eigenvalue weighted by atomic mass is 9.74. The molecule has 19 heavy (non-hydrogen) atoms. The summed E-state index contributed by atoms with van der Waals surface area (Å²) in [5, 5.41) is 10.6. The summed E-state index contributed by atoms with van der Waals surface area (Å²) in [5.41, 5.74) is 6.28. The third-order valence-corrected chi connectivity index (χ3v) is 4.28. The van der Waals surface area contributed by atoms with Crippen molar-refractivity contribution in [1.29, 1.82) is 0 Å². The molecule has 4 nitrogen and oxygen atoms in total. The number of pyridine rings is 1.